The van der Waals surface area contributed by atoms with E-state index in [-0.39, 0.29) is 21.9 Å². The van der Waals surface area contributed by atoms with Gasteiger partial charge in [0.25, 0.3) is 0 Å². The summed E-state index contributed by atoms with van der Waals surface area (Å²) < 4.78 is 59.7. The first-order valence-corrected chi connectivity index (χ1v) is 9.10. The number of anilines is 1. The van der Waals surface area contributed by atoms with Crippen LogP contribution in [-0.2, 0) is 17.5 Å². The molecular formula is C20H20F4N2O2S. The Labute approximate surface area is 171 Å². The summed E-state index contributed by atoms with van der Waals surface area (Å²) in [7, 11) is 1.70. The van der Waals surface area contributed by atoms with Crippen molar-refractivity contribution in [2.75, 3.05) is 18.9 Å². The largest absolute Gasteiger partial charge is 0.457 e. The summed E-state index contributed by atoms with van der Waals surface area (Å²) in [6.07, 6.45) is -4.80. The Balaban J connectivity index is 2.34. The van der Waals surface area contributed by atoms with Crippen molar-refractivity contribution in [3.05, 3.63) is 64.5 Å². The Morgan fingerprint density at radius 2 is 1.86 bits per heavy atom. The van der Waals surface area contributed by atoms with Gasteiger partial charge in [-0.3, -0.25) is 0 Å². The molecule has 29 heavy (non-hydrogen) atoms. The van der Waals surface area contributed by atoms with Crippen LogP contribution in [0.2, 0.25) is 0 Å². The molecule has 9 heteroatoms. The number of benzene rings is 2. The molecule has 156 valence electrons. The fraction of sp³-hybridized carbons (Fsp3) is 0.300. The lowest BCUT2D eigenvalue weighted by molar-refractivity contribution is -0.138. The zero-order valence-corrected chi connectivity index (χ0v) is 16.9. The molecule has 0 atom stereocenters. The van der Waals surface area contributed by atoms with E-state index in [0.717, 1.165) is 6.07 Å². The minimum absolute atomic E-state index is 0.0670. The lowest BCUT2D eigenvalue weighted by atomic mass is 9.99. The van der Waals surface area contributed by atoms with Crippen LogP contribution >= 0.6 is 12.2 Å². The number of esters is 1. The van der Waals surface area contributed by atoms with Crippen molar-refractivity contribution < 1.29 is 27.1 Å². The Hall–Kier alpha value is -2.68. The van der Waals surface area contributed by atoms with E-state index in [2.05, 4.69) is 5.32 Å². The van der Waals surface area contributed by atoms with Gasteiger partial charge in [0.1, 0.15) is 12.4 Å². The van der Waals surface area contributed by atoms with Gasteiger partial charge < -0.3 is 15.0 Å². The van der Waals surface area contributed by atoms with E-state index in [1.807, 2.05) is 6.92 Å². The van der Waals surface area contributed by atoms with Gasteiger partial charge in [-0.25, -0.2) is 9.18 Å². The first-order valence-electron chi connectivity index (χ1n) is 8.69. The van der Waals surface area contributed by atoms with Crippen molar-refractivity contribution in [1.29, 1.82) is 0 Å². The maximum Gasteiger partial charge on any atom is 0.417 e. The molecule has 2 rings (SSSR count). The molecule has 0 aromatic heterocycles. The predicted octanol–water partition coefficient (Wildman–Crippen LogP) is 5.16. The van der Waals surface area contributed by atoms with Crippen LogP contribution in [0.4, 0.5) is 23.2 Å². The number of thiocarbonyl (C=S) groups is 1. The van der Waals surface area contributed by atoms with Gasteiger partial charge in [-0.05, 0) is 49.8 Å². The number of ether oxygens (including phenoxy) is 1. The number of carbonyl (C=O) groups is 1. The number of hydrogen-bond donors (Lipinski definition) is 1. The molecule has 1 N–H and O–H groups in total. The van der Waals surface area contributed by atoms with E-state index in [1.165, 1.54) is 37.3 Å². The first-order chi connectivity index (χ1) is 13.6. The Morgan fingerprint density at radius 1 is 1.21 bits per heavy atom. The number of rotatable bonds is 5. The number of halogens is 4. The van der Waals surface area contributed by atoms with Gasteiger partial charge in [0.2, 0.25) is 0 Å². The highest BCUT2D eigenvalue weighted by Crippen LogP contribution is 2.38. The zero-order chi connectivity index (χ0) is 21.8. The third-order valence-electron chi connectivity index (χ3n) is 4.35. The van der Waals surface area contributed by atoms with E-state index in [0.29, 0.717) is 6.54 Å². The molecule has 0 saturated carbocycles. The molecule has 0 amide bonds. The normalized spacial score (nSPS) is 11.1. The lowest BCUT2D eigenvalue weighted by Crippen LogP contribution is -2.31. The monoisotopic (exact) mass is 428 g/mol. The van der Waals surface area contributed by atoms with Crippen LogP contribution in [0.5, 0.6) is 0 Å². The van der Waals surface area contributed by atoms with Crippen LogP contribution in [0.25, 0.3) is 0 Å². The third kappa shape index (κ3) is 5.44. The van der Waals surface area contributed by atoms with Crippen LogP contribution in [0.3, 0.4) is 0 Å². The SMILES string of the molecule is CCN(C)C(=S)Nc1ccc(C(=O)OCc2ccccc2F)c(C(F)(F)F)c1C. The zero-order valence-electron chi connectivity index (χ0n) is 16.1. The highest BCUT2D eigenvalue weighted by Gasteiger charge is 2.38. The van der Waals surface area contributed by atoms with Gasteiger partial charge in [-0.2, -0.15) is 13.2 Å². The number of carbonyl (C=O) groups excluding carboxylic acids is 1. The second kappa shape index (κ2) is 9.21. The molecule has 0 aliphatic rings. The molecule has 2 aromatic rings. The molecule has 2 aromatic carbocycles. The Bertz CT molecular complexity index is 916. The molecule has 0 saturated heterocycles. The highest BCUT2D eigenvalue weighted by molar-refractivity contribution is 7.80. The van der Waals surface area contributed by atoms with Crippen molar-refractivity contribution >= 4 is 29.0 Å². The van der Waals surface area contributed by atoms with Crippen molar-refractivity contribution in [2.24, 2.45) is 0 Å². The summed E-state index contributed by atoms with van der Waals surface area (Å²) in [5, 5.41) is 3.01. The maximum absolute atomic E-state index is 13.7. The molecule has 0 fully saturated rings. The van der Waals surface area contributed by atoms with Gasteiger partial charge in [0, 0.05) is 24.8 Å². The summed E-state index contributed by atoms with van der Waals surface area (Å²) >= 11 is 5.15. The smallest absolute Gasteiger partial charge is 0.417 e. The molecule has 4 nitrogen and oxygen atoms in total. The fourth-order valence-corrected chi connectivity index (χ4v) is 2.81. The summed E-state index contributed by atoms with van der Waals surface area (Å²) in [5.41, 5.74) is -1.76. The number of nitrogens with one attached hydrogen (secondary N) is 1. The van der Waals surface area contributed by atoms with Gasteiger partial charge in [-0.1, -0.05) is 18.2 Å². The topological polar surface area (TPSA) is 41.6 Å². The second-order valence-electron chi connectivity index (χ2n) is 6.27. The summed E-state index contributed by atoms with van der Waals surface area (Å²) in [4.78, 5) is 14.0. The van der Waals surface area contributed by atoms with E-state index >= 15 is 0 Å². The van der Waals surface area contributed by atoms with Crippen molar-refractivity contribution in [3.8, 4) is 0 Å². The summed E-state index contributed by atoms with van der Waals surface area (Å²) in [6, 6.07) is 7.91. The van der Waals surface area contributed by atoms with Crippen LogP contribution in [0.1, 0.15) is 34.0 Å². The summed E-state index contributed by atoms with van der Waals surface area (Å²) in [5.74, 6) is -1.80. The molecule has 0 unspecified atom stereocenters. The van der Waals surface area contributed by atoms with Crippen molar-refractivity contribution in [1.82, 2.24) is 4.90 Å². The highest BCUT2D eigenvalue weighted by atomic mass is 32.1. The van der Waals surface area contributed by atoms with Crippen molar-refractivity contribution in [3.63, 3.8) is 0 Å². The van der Waals surface area contributed by atoms with Crippen molar-refractivity contribution in [2.45, 2.75) is 26.6 Å². The van der Waals surface area contributed by atoms with E-state index in [4.69, 9.17) is 17.0 Å². The van der Waals surface area contributed by atoms with E-state index in [1.54, 1.807) is 11.9 Å². The maximum atomic E-state index is 13.7. The number of nitrogens with zero attached hydrogens (tertiary/aromatic N) is 1. The second-order valence-corrected chi connectivity index (χ2v) is 6.66. The van der Waals surface area contributed by atoms with Gasteiger partial charge in [0.05, 0.1) is 11.1 Å². The van der Waals surface area contributed by atoms with Gasteiger partial charge >= 0.3 is 12.1 Å². The lowest BCUT2D eigenvalue weighted by Gasteiger charge is -2.22. The minimum atomic E-state index is -4.80. The number of hydrogen-bond acceptors (Lipinski definition) is 3. The summed E-state index contributed by atoms with van der Waals surface area (Å²) in [6.45, 7) is 3.18. The molecule has 0 spiro atoms. The van der Waals surface area contributed by atoms with E-state index in [9.17, 15) is 22.4 Å². The molecule has 0 radical (unpaired) electrons. The quantitative estimate of drug-likeness (QED) is 0.405. The standard InChI is InChI=1S/C20H20F4N2O2S/c1-4-26(3)19(29)25-16-10-9-14(17(12(16)2)20(22,23)24)18(27)28-11-13-7-5-6-8-15(13)21/h5-10H,4,11H2,1-3H3,(H,25,29). The van der Waals surface area contributed by atoms with Gasteiger partial charge in [-0.15, -0.1) is 0 Å². The predicted molar refractivity (Wildman–Crippen MR) is 106 cm³/mol. The van der Waals surface area contributed by atoms with Gasteiger partial charge in [0.15, 0.2) is 5.11 Å². The molecule has 0 aliphatic carbocycles. The third-order valence-corrected chi connectivity index (χ3v) is 4.76. The Morgan fingerprint density at radius 3 is 2.45 bits per heavy atom. The average Bonchev–Trinajstić information content (AvgIpc) is 2.66. The molecule has 0 aliphatic heterocycles. The van der Waals surface area contributed by atoms with Crippen LogP contribution in [0.15, 0.2) is 36.4 Å². The fourth-order valence-electron chi connectivity index (χ4n) is 2.57. The van der Waals surface area contributed by atoms with E-state index < -0.39 is 35.7 Å². The average molecular weight is 428 g/mol. The molecular weight excluding hydrogens is 408 g/mol. The van der Waals surface area contributed by atoms with Crippen LogP contribution < -0.4 is 5.32 Å². The minimum Gasteiger partial charge on any atom is -0.457 e. The number of alkyl halides is 3. The molecule has 0 heterocycles. The first kappa shape index (κ1) is 22.6. The van der Waals surface area contributed by atoms with Crippen LogP contribution in [0, 0.1) is 12.7 Å². The van der Waals surface area contributed by atoms with Crippen LogP contribution in [-0.4, -0.2) is 29.6 Å². The Kier molecular flexibility index (Phi) is 7.18. The molecule has 0 bridgehead atoms.